The summed E-state index contributed by atoms with van der Waals surface area (Å²) in [5.41, 5.74) is 2.85. The Morgan fingerprint density at radius 1 is 0.578 bits per heavy atom. The Morgan fingerprint density at radius 2 is 0.978 bits per heavy atom. The Morgan fingerprint density at radius 3 is 1.36 bits per heavy atom. The number of unbranched alkanes of at least 4 members (excludes halogenated alkanes) is 5. The third-order valence-corrected chi connectivity index (χ3v) is 10.0. The van der Waals surface area contributed by atoms with Gasteiger partial charge in [-0.25, -0.2) is 0 Å². The zero-order chi connectivity index (χ0) is 32.3. The molecule has 2 nitrogen and oxygen atoms in total. The average molecular weight is 642 g/mol. The van der Waals surface area contributed by atoms with Crippen molar-refractivity contribution in [2.24, 2.45) is 23.7 Å². The lowest BCUT2D eigenvalue weighted by atomic mass is 9.80. The van der Waals surface area contributed by atoms with Crippen LogP contribution in [0.2, 0.25) is 10.0 Å². The number of hydrogen-bond donors (Lipinski definition) is 0. The van der Waals surface area contributed by atoms with Crippen molar-refractivity contribution in [2.75, 3.05) is 0 Å². The maximum atomic E-state index is 8.89. The Hall–Kier alpha value is -2.88. The molecule has 2 aliphatic carbocycles. The quantitative estimate of drug-likeness (QED) is 0.202. The molecule has 0 N–H and O–H groups in total. The van der Waals surface area contributed by atoms with E-state index in [1.807, 2.05) is 12.1 Å². The molecule has 2 aromatic carbocycles. The van der Waals surface area contributed by atoms with Crippen LogP contribution in [0.4, 0.5) is 0 Å². The molecule has 2 saturated carbocycles. The van der Waals surface area contributed by atoms with Gasteiger partial charge in [0, 0.05) is 23.0 Å². The van der Waals surface area contributed by atoms with Gasteiger partial charge in [0.05, 0.1) is 21.2 Å². The van der Waals surface area contributed by atoms with Crippen LogP contribution in [0, 0.1) is 70.0 Å². The number of nitrogens with zero attached hydrogens (tertiary/aromatic N) is 2. The molecule has 2 aliphatic rings. The summed E-state index contributed by atoms with van der Waals surface area (Å²) in [7, 11) is 0. The summed E-state index contributed by atoms with van der Waals surface area (Å²) in [5, 5.41) is 18.8. The molecular weight excluding hydrogens is 591 g/mol. The second-order valence-corrected chi connectivity index (χ2v) is 13.7. The standard InChI is InChI=1S/C21H26ClN.C20H24ClN/c1-2-3-4-5-6-17-7-9-18(10-8-17)11-12-19-13-14-20(16-23)21(22)15-19;1-2-3-4-5-16-6-8-17(9-7-16)10-11-18-12-13-19(15-22)20(21)14-18/h13-15,17-18H,2-10H2,1H3;12-14,16-17H,2-9H2,1H3/t17-,18-;16-,17-. The van der Waals surface area contributed by atoms with Crippen LogP contribution in [-0.2, 0) is 0 Å². The minimum absolute atomic E-state index is 0.494. The molecule has 4 heteroatoms. The molecule has 45 heavy (non-hydrogen) atoms. The van der Waals surface area contributed by atoms with Gasteiger partial charge in [-0.1, -0.05) is 119 Å². The topological polar surface area (TPSA) is 47.6 Å². The van der Waals surface area contributed by atoms with Gasteiger partial charge in [0.25, 0.3) is 0 Å². The zero-order valence-corrected chi connectivity index (χ0v) is 29.0. The van der Waals surface area contributed by atoms with Gasteiger partial charge in [-0.05, 0) is 99.6 Å². The lowest BCUT2D eigenvalue weighted by Gasteiger charge is -2.25. The summed E-state index contributed by atoms with van der Waals surface area (Å²) < 4.78 is 0. The van der Waals surface area contributed by atoms with Gasteiger partial charge in [0.15, 0.2) is 0 Å². The highest BCUT2D eigenvalue weighted by Crippen LogP contribution is 2.33. The fourth-order valence-electron chi connectivity index (χ4n) is 6.47. The molecule has 0 heterocycles. The Balaban J connectivity index is 0.000000246. The van der Waals surface area contributed by atoms with E-state index in [2.05, 4.69) is 49.7 Å². The second kappa shape index (κ2) is 21.0. The molecular formula is C41H50Cl2N2. The molecule has 0 amide bonds. The highest BCUT2D eigenvalue weighted by molar-refractivity contribution is 6.32. The van der Waals surface area contributed by atoms with E-state index in [1.54, 1.807) is 24.3 Å². The summed E-state index contributed by atoms with van der Waals surface area (Å²) >= 11 is 12.1. The molecule has 0 atom stereocenters. The first-order chi connectivity index (χ1) is 21.9. The van der Waals surface area contributed by atoms with Gasteiger partial charge in [-0.2, -0.15) is 10.5 Å². The summed E-state index contributed by atoms with van der Waals surface area (Å²) in [4.78, 5) is 0. The number of hydrogen-bond acceptors (Lipinski definition) is 2. The highest BCUT2D eigenvalue weighted by atomic mass is 35.5. The largest absolute Gasteiger partial charge is 0.192 e. The normalized spacial score (nSPS) is 20.6. The Bertz CT molecular complexity index is 1390. The van der Waals surface area contributed by atoms with Gasteiger partial charge in [-0.3, -0.25) is 0 Å². The zero-order valence-electron chi connectivity index (χ0n) is 27.4. The second-order valence-electron chi connectivity index (χ2n) is 12.9. The first kappa shape index (κ1) is 36.6. The molecule has 0 saturated heterocycles. The molecule has 0 radical (unpaired) electrons. The molecule has 0 bridgehead atoms. The first-order valence-corrected chi connectivity index (χ1v) is 18.1. The molecule has 0 aromatic heterocycles. The Labute approximate surface area is 283 Å². The number of halogens is 2. The maximum absolute atomic E-state index is 8.89. The summed E-state index contributed by atoms with van der Waals surface area (Å²) in [6.07, 6.45) is 22.6. The van der Waals surface area contributed by atoms with Gasteiger partial charge in [0.2, 0.25) is 0 Å². The van der Waals surface area contributed by atoms with Crippen LogP contribution in [0.1, 0.15) is 145 Å². The SMILES string of the molecule is CCCCCC[C@H]1CC[C@H](C#Cc2ccc(C#N)c(Cl)c2)CC1.CCCCC[C@H]1CC[C@H](C#Cc2ccc(C#N)c(Cl)c2)CC1. The van der Waals surface area contributed by atoms with Crippen LogP contribution < -0.4 is 0 Å². The van der Waals surface area contributed by atoms with Crippen LogP contribution in [0.15, 0.2) is 36.4 Å². The fraction of sp³-hybridized carbons (Fsp3) is 0.561. The van der Waals surface area contributed by atoms with Gasteiger partial charge < -0.3 is 0 Å². The predicted molar refractivity (Wildman–Crippen MR) is 190 cm³/mol. The van der Waals surface area contributed by atoms with E-state index in [9.17, 15) is 0 Å². The van der Waals surface area contributed by atoms with Crippen LogP contribution in [0.3, 0.4) is 0 Å². The van der Waals surface area contributed by atoms with E-state index >= 15 is 0 Å². The van der Waals surface area contributed by atoms with Gasteiger partial charge >= 0.3 is 0 Å². The van der Waals surface area contributed by atoms with Crippen molar-refractivity contribution >= 4 is 23.2 Å². The van der Waals surface area contributed by atoms with Crippen molar-refractivity contribution in [2.45, 2.75) is 123 Å². The predicted octanol–water partition coefficient (Wildman–Crippen LogP) is 12.3. The van der Waals surface area contributed by atoms with E-state index in [1.165, 1.54) is 109 Å². The minimum Gasteiger partial charge on any atom is -0.192 e. The summed E-state index contributed by atoms with van der Waals surface area (Å²) in [5.74, 6) is 16.2. The van der Waals surface area contributed by atoms with E-state index in [-0.39, 0.29) is 0 Å². The van der Waals surface area contributed by atoms with Gasteiger partial charge in [-0.15, -0.1) is 0 Å². The average Bonchev–Trinajstić information content (AvgIpc) is 3.06. The van der Waals surface area contributed by atoms with Crippen LogP contribution in [-0.4, -0.2) is 0 Å². The highest BCUT2D eigenvalue weighted by Gasteiger charge is 2.20. The van der Waals surface area contributed by atoms with Crippen LogP contribution >= 0.6 is 23.2 Å². The monoisotopic (exact) mass is 640 g/mol. The number of nitriles is 2. The molecule has 238 valence electrons. The van der Waals surface area contributed by atoms with E-state index in [0.29, 0.717) is 33.0 Å². The number of benzene rings is 2. The minimum atomic E-state index is 0.494. The van der Waals surface area contributed by atoms with Crippen molar-refractivity contribution < 1.29 is 0 Å². The number of rotatable bonds is 9. The maximum Gasteiger partial charge on any atom is 0.101 e. The molecule has 4 rings (SSSR count). The fourth-order valence-corrected chi connectivity index (χ4v) is 6.92. The van der Waals surface area contributed by atoms with Crippen LogP contribution in [0.25, 0.3) is 0 Å². The molecule has 0 spiro atoms. The van der Waals surface area contributed by atoms with Crippen molar-refractivity contribution in [3.63, 3.8) is 0 Å². The van der Waals surface area contributed by atoms with E-state index < -0.39 is 0 Å². The van der Waals surface area contributed by atoms with Crippen LogP contribution in [0.5, 0.6) is 0 Å². The van der Waals surface area contributed by atoms with Crippen molar-refractivity contribution in [1.82, 2.24) is 0 Å². The summed E-state index contributed by atoms with van der Waals surface area (Å²) in [6, 6.07) is 15.0. The first-order valence-electron chi connectivity index (χ1n) is 17.4. The third kappa shape index (κ3) is 13.6. The molecule has 0 unspecified atom stereocenters. The lowest BCUT2D eigenvalue weighted by Crippen LogP contribution is -2.13. The smallest absolute Gasteiger partial charge is 0.101 e. The van der Waals surface area contributed by atoms with Crippen molar-refractivity contribution in [1.29, 1.82) is 10.5 Å². The third-order valence-electron chi connectivity index (χ3n) is 9.40. The molecule has 2 aromatic rings. The molecule has 0 aliphatic heterocycles. The van der Waals surface area contributed by atoms with Crippen molar-refractivity contribution in [3.8, 4) is 35.8 Å². The van der Waals surface area contributed by atoms with E-state index in [0.717, 1.165) is 23.0 Å². The van der Waals surface area contributed by atoms with E-state index in [4.69, 9.17) is 33.7 Å². The van der Waals surface area contributed by atoms with Crippen molar-refractivity contribution in [3.05, 3.63) is 68.7 Å². The lowest BCUT2D eigenvalue weighted by molar-refractivity contribution is 0.294. The summed E-state index contributed by atoms with van der Waals surface area (Å²) in [6.45, 7) is 4.53. The molecule has 2 fully saturated rings. The Kier molecular flexibility index (Phi) is 17.1. The van der Waals surface area contributed by atoms with Gasteiger partial charge in [0.1, 0.15) is 12.1 Å².